The molecule has 25 heavy (non-hydrogen) atoms. The summed E-state index contributed by atoms with van der Waals surface area (Å²) in [5, 5.41) is 12.6. The minimum atomic E-state index is -0.853. The first-order valence-corrected chi connectivity index (χ1v) is 9.53. The van der Waals surface area contributed by atoms with Crippen LogP contribution in [-0.4, -0.2) is 28.8 Å². The summed E-state index contributed by atoms with van der Waals surface area (Å²) in [6, 6.07) is 0.0373. The smallest absolute Gasteiger partial charge is 0.306 e. The van der Waals surface area contributed by atoms with Crippen LogP contribution in [0.25, 0.3) is 0 Å². The fraction of sp³-hybridized carbons (Fsp3) is 0.750. The van der Waals surface area contributed by atoms with E-state index in [1.165, 1.54) is 0 Å². The zero-order valence-corrected chi connectivity index (χ0v) is 15.3. The average molecular weight is 349 g/mol. The molecular weight excluding hydrogens is 318 g/mol. The summed E-state index contributed by atoms with van der Waals surface area (Å²) in [5.41, 5.74) is -0.574. The van der Waals surface area contributed by atoms with Gasteiger partial charge in [0, 0.05) is 12.0 Å². The molecule has 0 aliphatic heterocycles. The van der Waals surface area contributed by atoms with Crippen molar-refractivity contribution in [1.82, 2.24) is 5.32 Å². The maximum atomic E-state index is 13.1. The Morgan fingerprint density at radius 1 is 1.24 bits per heavy atom. The van der Waals surface area contributed by atoms with E-state index in [9.17, 15) is 19.5 Å². The summed E-state index contributed by atoms with van der Waals surface area (Å²) in [5.74, 6) is -1.17. The van der Waals surface area contributed by atoms with Gasteiger partial charge in [-0.2, -0.15) is 0 Å². The van der Waals surface area contributed by atoms with Gasteiger partial charge in [-0.3, -0.25) is 14.4 Å². The van der Waals surface area contributed by atoms with Crippen LogP contribution in [-0.2, 0) is 14.4 Å². The molecule has 2 aliphatic carbocycles. The Morgan fingerprint density at radius 3 is 2.48 bits per heavy atom. The van der Waals surface area contributed by atoms with E-state index in [0.717, 1.165) is 44.9 Å². The van der Waals surface area contributed by atoms with Gasteiger partial charge >= 0.3 is 5.97 Å². The minimum Gasteiger partial charge on any atom is -0.481 e. The van der Waals surface area contributed by atoms with E-state index < -0.39 is 17.3 Å². The lowest BCUT2D eigenvalue weighted by Gasteiger charge is -2.34. The fourth-order valence-electron chi connectivity index (χ4n) is 4.55. The number of carbonyl (C=O) groups is 3. The van der Waals surface area contributed by atoms with Gasteiger partial charge in [-0.15, -0.1) is 6.58 Å². The van der Waals surface area contributed by atoms with E-state index in [1.807, 2.05) is 0 Å². The fourth-order valence-corrected chi connectivity index (χ4v) is 4.55. The van der Waals surface area contributed by atoms with Gasteiger partial charge in [0.05, 0.1) is 11.3 Å². The Kier molecular flexibility index (Phi) is 6.79. The highest BCUT2D eigenvalue weighted by molar-refractivity contribution is 5.84. The number of amides is 1. The maximum Gasteiger partial charge on any atom is 0.306 e. The number of nitrogens with one attached hydrogen (secondary N) is 1. The van der Waals surface area contributed by atoms with Gasteiger partial charge in [0.2, 0.25) is 5.91 Å². The summed E-state index contributed by atoms with van der Waals surface area (Å²) in [6.45, 7) is 5.27. The lowest BCUT2D eigenvalue weighted by atomic mass is 9.75. The van der Waals surface area contributed by atoms with E-state index in [1.54, 1.807) is 13.0 Å². The first-order valence-electron chi connectivity index (χ1n) is 9.53. The van der Waals surface area contributed by atoms with Crippen LogP contribution in [0.2, 0.25) is 0 Å². The van der Waals surface area contributed by atoms with Crippen LogP contribution in [0.1, 0.15) is 71.1 Å². The predicted molar refractivity (Wildman–Crippen MR) is 96.0 cm³/mol. The van der Waals surface area contributed by atoms with Crippen molar-refractivity contribution in [2.45, 2.75) is 77.2 Å². The van der Waals surface area contributed by atoms with Crippen molar-refractivity contribution in [2.75, 3.05) is 0 Å². The lowest BCUT2D eigenvalue weighted by molar-refractivity contribution is -0.144. The van der Waals surface area contributed by atoms with Crippen LogP contribution in [0.15, 0.2) is 12.7 Å². The molecule has 0 saturated heterocycles. The highest BCUT2D eigenvalue weighted by Crippen LogP contribution is 2.44. The van der Waals surface area contributed by atoms with Crippen molar-refractivity contribution in [3.05, 3.63) is 12.7 Å². The highest BCUT2D eigenvalue weighted by Gasteiger charge is 2.44. The molecule has 2 rings (SSSR count). The third-order valence-corrected chi connectivity index (χ3v) is 6.06. The van der Waals surface area contributed by atoms with Gasteiger partial charge in [-0.25, -0.2) is 0 Å². The second kappa shape index (κ2) is 8.63. The molecule has 3 atom stereocenters. The number of allylic oxidation sites excluding steroid dienone is 1. The molecule has 0 aromatic heterocycles. The Hall–Kier alpha value is -1.65. The topological polar surface area (TPSA) is 83.5 Å². The molecule has 0 heterocycles. The summed E-state index contributed by atoms with van der Waals surface area (Å²) in [4.78, 5) is 36.2. The number of hydrogen-bond donors (Lipinski definition) is 2. The van der Waals surface area contributed by atoms with E-state index in [-0.39, 0.29) is 23.7 Å². The van der Waals surface area contributed by atoms with Crippen molar-refractivity contribution < 1.29 is 19.5 Å². The Bertz CT molecular complexity index is 522. The molecule has 0 aromatic carbocycles. The van der Waals surface area contributed by atoms with Gasteiger partial charge in [0.25, 0.3) is 0 Å². The van der Waals surface area contributed by atoms with Crippen molar-refractivity contribution in [2.24, 2.45) is 17.3 Å². The van der Waals surface area contributed by atoms with Gasteiger partial charge in [-0.1, -0.05) is 25.3 Å². The highest BCUT2D eigenvalue weighted by atomic mass is 16.4. The minimum absolute atomic E-state index is 0.00508. The maximum absolute atomic E-state index is 13.1. The van der Waals surface area contributed by atoms with Gasteiger partial charge in [0.15, 0.2) is 0 Å². The molecule has 0 spiro atoms. The number of hydrogen-bond acceptors (Lipinski definition) is 3. The number of aliphatic carboxylic acids is 1. The third kappa shape index (κ3) is 4.93. The van der Waals surface area contributed by atoms with Crippen molar-refractivity contribution in [1.29, 1.82) is 0 Å². The average Bonchev–Trinajstić information content (AvgIpc) is 3.04. The number of carboxylic acid groups (broad SMARTS) is 1. The molecule has 2 fully saturated rings. The lowest BCUT2D eigenvalue weighted by Crippen LogP contribution is -2.47. The van der Waals surface area contributed by atoms with E-state index in [0.29, 0.717) is 19.3 Å². The Morgan fingerprint density at radius 2 is 1.92 bits per heavy atom. The summed E-state index contributed by atoms with van der Waals surface area (Å²) in [6.07, 6.45) is 9.31. The molecule has 0 radical (unpaired) electrons. The van der Waals surface area contributed by atoms with Crippen molar-refractivity contribution in [3.63, 3.8) is 0 Å². The van der Waals surface area contributed by atoms with Gasteiger partial charge < -0.3 is 10.4 Å². The number of Topliss-reactive ketones (excluding diaryl/α,β-unsaturated/α-hetero) is 1. The molecule has 2 N–H and O–H groups in total. The molecule has 1 amide bonds. The van der Waals surface area contributed by atoms with Crippen LogP contribution in [0, 0.1) is 17.3 Å². The van der Waals surface area contributed by atoms with E-state index in [2.05, 4.69) is 11.9 Å². The summed E-state index contributed by atoms with van der Waals surface area (Å²) >= 11 is 0. The molecule has 5 heteroatoms. The zero-order chi connectivity index (χ0) is 18.4. The second-order valence-electron chi connectivity index (χ2n) is 7.90. The standard InChI is InChI=1S/C20H31NO4/c1-3-7-16(18(23)24)13-20(10-4-5-11-20)19(25)21-17-9-6-8-15(12-17)14(2)22/h3,15-17H,1,4-13H2,2H3,(H,21,25)(H,23,24). The van der Waals surface area contributed by atoms with Crippen LogP contribution >= 0.6 is 0 Å². The number of rotatable bonds is 8. The largest absolute Gasteiger partial charge is 0.481 e. The third-order valence-electron chi connectivity index (χ3n) is 6.06. The Balaban J connectivity index is 2.05. The molecule has 2 saturated carbocycles. The summed E-state index contributed by atoms with van der Waals surface area (Å²) in [7, 11) is 0. The molecule has 0 bridgehead atoms. The Labute approximate surface area is 150 Å². The van der Waals surface area contributed by atoms with Crippen molar-refractivity contribution in [3.8, 4) is 0 Å². The molecule has 0 aromatic rings. The zero-order valence-electron chi connectivity index (χ0n) is 15.3. The van der Waals surface area contributed by atoms with Crippen LogP contribution in [0.4, 0.5) is 0 Å². The monoisotopic (exact) mass is 349 g/mol. The number of carbonyl (C=O) groups excluding carboxylic acids is 2. The predicted octanol–water partition coefficient (Wildman–Crippen LogP) is 3.48. The summed E-state index contributed by atoms with van der Waals surface area (Å²) < 4.78 is 0. The first-order chi connectivity index (χ1) is 11.9. The van der Waals surface area contributed by atoms with Crippen LogP contribution in [0.5, 0.6) is 0 Å². The second-order valence-corrected chi connectivity index (χ2v) is 7.90. The molecule has 5 nitrogen and oxygen atoms in total. The molecule has 2 aliphatic rings. The first kappa shape index (κ1) is 19.7. The van der Waals surface area contributed by atoms with Gasteiger partial charge in [-0.05, 0) is 51.9 Å². The van der Waals surface area contributed by atoms with Crippen molar-refractivity contribution >= 4 is 17.7 Å². The van der Waals surface area contributed by atoms with Crippen LogP contribution < -0.4 is 5.32 Å². The molecular formula is C20H31NO4. The molecule has 140 valence electrons. The van der Waals surface area contributed by atoms with Gasteiger partial charge in [0.1, 0.15) is 5.78 Å². The SMILES string of the molecule is C=CCC(CC1(C(=O)NC2CCCC(C(C)=O)C2)CCCC1)C(=O)O. The van der Waals surface area contributed by atoms with E-state index in [4.69, 9.17) is 0 Å². The number of carboxylic acids is 1. The number of ketones is 1. The normalized spacial score (nSPS) is 26.6. The van der Waals surface area contributed by atoms with Crippen LogP contribution in [0.3, 0.4) is 0 Å². The van der Waals surface area contributed by atoms with E-state index >= 15 is 0 Å². The quantitative estimate of drug-likeness (QED) is 0.657. The molecule has 3 unspecified atom stereocenters.